The molecule has 0 aliphatic heterocycles. The van der Waals surface area contributed by atoms with Crippen LogP contribution in [0.3, 0.4) is 0 Å². The number of nitrogens with zero attached hydrogens (tertiary/aromatic N) is 2. The number of nitrogens with one attached hydrogen (secondary N) is 1. The Kier molecular flexibility index (Phi) is 12.7. The topological polar surface area (TPSA) is 105 Å². The molecule has 1 atom stereocenters. The summed E-state index contributed by atoms with van der Waals surface area (Å²) in [5, 5.41) is 3.40. The number of rotatable bonds is 16. The Balaban J connectivity index is 1.85. The summed E-state index contributed by atoms with van der Waals surface area (Å²) in [4.78, 5) is 30.0. The predicted molar refractivity (Wildman–Crippen MR) is 184 cm³/mol. The van der Waals surface area contributed by atoms with Crippen LogP contribution in [0, 0.1) is 0 Å². The molecule has 0 saturated heterocycles. The van der Waals surface area contributed by atoms with E-state index in [1.54, 1.807) is 54.6 Å². The molecule has 0 saturated carbocycles. The second kappa shape index (κ2) is 16.9. The minimum Gasteiger partial charge on any atom is -0.497 e. The molecule has 11 heteroatoms. The number of ether oxygens (including phenoxy) is 2. The average molecular weight is 678 g/mol. The average Bonchev–Trinajstić information content (AvgIpc) is 3.09. The third kappa shape index (κ3) is 9.05. The predicted octanol–water partition coefficient (Wildman–Crippen LogP) is 6.11. The van der Waals surface area contributed by atoms with Crippen molar-refractivity contribution in [3.05, 3.63) is 119 Å². The molecule has 4 aromatic rings. The Morgan fingerprint density at radius 3 is 2.17 bits per heavy atom. The monoisotopic (exact) mass is 677 g/mol. The van der Waals surface area contributed by atoms with Gasteiger partial charge in [-0.05, 0) is 47.9 Å². The van der Waals surface area contributed by atoms with Crippen molar-refractivity contribution in [2.45, 2.75) is 43.7 Å². The number of hydrogen-bond donors (Lipinski definition) is 1. The number of sulfonamides is 1. The zero-order valence-corrected chi connectivity index (χ0v) is 28.3. The smallest absolute Gasteiger partial charge is 0.264 e. The van der Waals surface area contributed by atoms with Gasteiger partial charge in [0.1, 0.15) is 24.1 Å². The molecule has 4 rings (SSSR count). The van der Waals surface area contributed by atoms with Gasteiger partial charge in [-0.2, -0.15) is 0 Å². The molecule has 0 fully saturated rings. The molecule has 0 aromatic heterocycles. The fourth-order valence-electron chi connectivity index (χ4n) is 5.09. The van der Waals surface area contributed by atoms with Gasteiger partial charge in [0.05, 0.1) is 24.8 Å². The first-order valence-corrected chi connectivity index (χ1v) is 17.2. The summed E-state index contributed by atoms with van der Waals surface area (Å²) >= 11 is 6.57. The number of methoxy groups -OCH3 is 2. The van der Waals surface area contributed by atoms with E-state index in [4.69, 9.17) is 21.1 Å². The third-order valence-corrected chi connectivity index (χ3v) is 9.81. The van der Waals surface area contributed by atoms with Crippen LogP contribution in [0.4, 0.5) is 5.69 Å². The van der Waals surface area contributed by atoms with Gasteiger partial charge in [0.2, 0.25) is 11.8 Å². The Labute approximate surface area is 282 Å². The number of anilines is 1. The van der Waals surface area contributed by atoms with Gasteiger partial charge in [0.25, 0.3) is 10.0 Å². The Morgan fingerprint density at radius 2 is 1.53 bits per heavy atom. The molecule has 4 aromatic carbocycles. The maximum Gasteiger partial charge on any atom is 0.264 e. The molecule has 0 unspecified atom stereocenters. The summed E-state index contributed by atoms with van der Waals surface area (Å²) < 4.78 is 40.6. The number of carbonyl (C=O) groups excluding carboxylic acids is 2. The SMILES string of the molecule is CCCCNC(=O)[C@@H](Cc1ccccc1)N(Cc1ccccc1Cl)C(=O)CN(c1cc(OC)ccc1OC)S(=O)(=O)c1ccccc1. The van der Waals surface area contributed by atoms with Crippen LogP contribution in [0.15, 0.2) is 108 Å². The summed E-state index contributed by atoms with van der Waals surface area (Å²) in [6.45, 7) is 1.78. The van der Waals surface area contributed by atoms with Crippen LogP contribution >= 0.6 is 11.6 Å². The minimum absolute atomic E-state index is 0.0199. The zero-order valence-electron chi connectivity index (χ0n) is 26.8. The molecule has 0 radical (unpaired) electrons. The lowest BCUT2D eigenvalue weighted by Gasteiger charge is -2.34. The van der Waals surface area contributed by atoms with Gasteiger partial charge in [-0.1, -0.05) is 91.7 Å². The van der Waals surface area contributed by atoms with Gasteiger partial charge >= 0.3 is 0 Å². The second-order valence-corrected chi connectivity index (χ2v) is 13.1. The van der Waals surface area contributed by atoms with E-state index in [0.717, 1.165) is 22.7 Å². The maximum atomic E-state index is 14.7. The van der Waals surface area contributed by atoms with E-state index in [1.165, 1.54) is 37.3 Å². The summed E-state index contributed by atoms with van der Waals surface area (Å²) in [6, 6.07) is 28.0. The van der Waals surface area contributed by atoms with E-state index in [-0.39, 0.29) is 35.2 Å². The molecular formula is C36H40ClN3O6S. The number of amides is 2. The normalized spacial score (nSPS) is 11.7. The van der Waals surface area contributed by atoms with Gasteiger partial charge in [0, 0.05) is 30.6 Å². The molecule has 1 N–H and O–H groups in total. The number of unbranched alkanes of at least 4 members (excludes halogenated alkanes) is 1. The maximum absolute atomic E-state index is 14.7. The van der Waals surface area contributed by atoms with Crippen molar-refractivity contribution in [1.29, 1.82) is 0 Å². The van der Waals surface area contributed by atoms with E-state index in [1.807, 2.05) is 37.3 Å². The summed E-state index contributed by atoms with van der Waals surface area (Å²) in [7, 11) is -1.44. The first-order valence-electron chi connectivity index (χ1n) is 15.3. The van der Waals surface area contributed by atoms with Crippen molar-refractivity contribution in [2.24, 2.45) is 0 Å². The number of benzene rings is 4. The summed E-state index contributed by atoms with van der Waals surface area (Å²) in [6.07, 6.45) is 1.84. The molecule has 0 aliphatic carbocycles. The van der Waals surface area contributed by atoms with E-state index in [9.17, 15) is 18.0 Å². The van der Waals surface area contributed by atoms with Crippen molar-refractivity contribution < 1.29 is 27.5 Å². The third-order valence-electron chi connectivity index (χ3n) is 7.66. The fraction of sp³-hybridized carbons (Fsp3) is 0.278. The highest BCUT2D eigenvalue weighted by Crippen LogP contribution is 2.36. The summed E-state index contributed by atoms with van der Waals surface area (Å²) in [5.41, 5.74) is 1.55. The van der Waals surface area contributed by atoms with Crippen LogP contribution < -0.4 is 19.1 Å². The number of carbonyl (C=O) groups is 2. The minimum atomic E-state index is -4.32. The van der Waals surface area contributed by atoms with E-state index in [2.05, 4.69) is 5.32 Å². The van der Waals surface area contributed by atoms with Crippen molar-refractivity contribution in [2.75, 3.05) is 31.6 Å². The van der Waals surface area contributed by atoms with Crippen molar-refractivity contribution in [1.82, 2.24) is 10.2 Å². The van der Waals surface area contributed by atoms with E-state index < -0.39 is 28.5 Å². The fourth-order valence-corrected chi connectivity index (χ4v) is 6.73. The standard InChI is InChI=1S/C36H40ClN3O6S/c1-4-5-22-38-36(42)33(23-27-14-8-6-9-15-27)39(25-28-16-12-13-19-31(28)37)35(41)26-40(47(43,44)30-17-10-7-11-18-30)32-24-29(45-2)20-21-34(32)46-3/h6-21,24,33H,4-5,22-23,25-26H2,1-3H3,(H,38,42)/t33-/m1/s1. The van der Waals surface area contributed by atoms with Crippen LogP contribution in [0.5, 0.6) is 11.5 Å². The van der Waals surface area contributed by atoms with Crippen LogP contribution in [0.25, 0.3) is 0 Å². The molecule has 0 spiro atoms. The van der Waals surface area contributed by atoms with Crippen molar-refractivity contribution >= 4 is 39.1 Å². The molecular weight excluding hydrogens is 638 g/mol. The van der Waals surface area contributed by atoms with Gasteiger partial charge < -0.3 is 19.7 Å². The number of hydrogen-bond acceptors (Lipinski definition) is 6. The lowest BCUT2D eigenvalue weighted by Crippen LogP contribution is -2.53. The quantitative estimate of drug-likeness (QED) is 0.144. The molecule has 0 heterocycles. The molecule has 0 bridgehead atoms. The van der Waals surface area contributed by atoms with E-state index in [0.29, 0.717) is 22.9 Å². The Bertz CT molecular complexity index is 1740. The molecule has 2 amide bonds. The van der Waals surface area contributed by atoms with Crippen LogP contribution in [-0.4, -0.2) is 58.5 Å². The number of halogens is 1. The molecule has 248 valence electrons. The highest BCUT2D eigenvalue weighted by Gasteiger charge is 2.36. The zero-order chi connectivity index (χ0) is 33.8. The first-order chi connectivity index (χ1) is 22.7. The van der Waals surface area contributed by atoms with Crippen molar-refractivity contribution in [3.63, 3.8) is 0 Å². The van der Waals surface area contributed by atoms with Gasteiger partial charge in [-0.15, -0.1) is 0 Å². The van der Waals surface area contributed by atoms with Gasteiger partial charge in [0.15, 0.2) is 0 Å². The molecule has 9 nitrogen and oxygen atoms in total. The highest BCUT2D eigenvalue weighted by atomic mass is 35.5. The lowest BCUT2D eigenvalue weighted by molar-refractivity contribution is -0.140. The van der Waals surface area contributed by atoms with Crippen LogP contribution in [0.2, 0.25) is 5.02 Å². The van der Waals surface area contributed by atoms with Crippen LogP contribution in [0.1, 0.15) is 30.9 Å². The van der Waals surface area contributed by atoms with Crippen molar-refractivity contribution in [3.8, 4) is 11.5 Å². The lowest BCUT2D eigenvalue weighted by atomic mass is 10.0. The summed E-state index contributed by atoms with van der Waals surface area (Å²) in [5.74, 6) is -0.374. The van der Waals surface area contributed by atoms with Gasteiger partial charge in [-0.3, -0.25) is 13.9 Å². The first kappa shape index (κ1) is 35.3. The second-order valence-electron chi connectivity index (χ2n) is 10.8. The molecule has 47 heavy (non-hydrogen) atoms. The molecule has 0 aliphatic rings. The van der Waals surface area contributed by atoms with Gasteiger partial charge in [-0.25, -0.2) is 8.42 Å². The Morgan fingerprint density at radius 1 is 0.872 bits per heavy atom. The Hall–Kier alpha value is -4.54. The van der Waals surface area contributed by atoms with Crippen LogP contribution in [-0.2, 0) is 32.6 Å². The van der Waals surface area contributed by atoms with E-state index >= 15 is 0 Å². The highest BCUT2D eigenvalue weighted by molar-refractivity contribution is 7.92. The largest absolute Gasteiger partial charge is 0.497 e.